The Hall–Kier alpha value is -1.50. The summed E-state index contributed by atoms with van der Waals surface area (Å²) in [7, 11) is 0. The van der Waals surface area contributed by atoms with Gasteiger partial charge in [-0.2, -0.15) is 5.10 Å². The fraction of sp³-hybridized carbons (Fsp3) is 0.300. The highest BCUT2D eigenvalue weighted by molar-refractivity contribution is 6.40. The Morgan fingerprint density at radius 2 is 1.66 bits per heavy atom. The molecule has 5 nitrogen and oxygen atoms in total. The van der Waals surface area contributed by atoms with Gasteiger partial charge in [0.05, 0.1) is 16.8 Å². The minimum absolute atomic E-state index is 0. The van der Waals surface area contributed by atoms with Gasteiger partial charge in [0.25, 0.3) is 5.91 Å². The SMILES string of the molecule is Cl.O=C(NN1CCCC1)C1=NN(c2ccc(Cl)cc2Cl)C(c2ccc(Cl)cc2)C1. The van der Waals surface area contributed by atoms with Crippen molar-refractivity contribution in [1.29, 1.82) is 0 Å². The molecule has 2 heterocycles. The number of carbonyl (C=O) groups is 1. The Bertz CT molecular complexity index is 913. The number of amides is 1. The van der Waals surface area contributed by atoms with E-state index in [1.807, 2.05) is 35.3 Å². The number of anilines is 1. The molecule has 9 heteroatoms. The van der Waals surface area contributed by atoms with Gasteiger partial charge in [0.2, 0.25) is 0 Å². The highest BCUT2D eigenvalue weighted by Gasteiger charge is 2.34. The number of hydrazone groups is 1. The summed E-state index contributed by atoms with van der Waals surface area (Å²) < 4.78 is 0. The number of nitrogens with zero attached hydrogens (tertiary/aromatic N) is 3. The fourth-order valence-electron chi connectivity index (χ4n) is 3.52. The van der Waals surface area contributed by atoms with Crippen molar-refractivity contribution in [3.05, 3.63) is 63.1 Å². The molecule has 29 heavy (non-hydrogen) atoms. The maximum atomic E-state index is 12.8. The molecule has 4 rings (SSSR count). The third-order valence-electron chi connectivity index (χ3n) is 4.95. The number of hydrazine groups is 1. The Morgan fingerprint density at radius 1 is 1.00 bits per heavy atom. The lowest BCUT2D eigenvalue weighted by Crippen LogP contribution is -2.43. The lowest BCUT2D eigenvalue weighted by molar-refractivity contribution is -0.119. The Morgan fingerprint density at radius 3 is 2.31 bits per heavy atom. The second-order valence-electron chi connectivity index (χ2n) is 6.89. The average Bonchev–Trinajstić information content (AvgIpc) is 3.32. The number of hydrogen-bond acceptors (Lipinski definition) is 4. The van der Waals surface area contributed by atoms with E-state index in [2.05, 4.69) is 10.5 Å². The van der Waals surface area contributed by atoms with Gasteiger partial charge < -0.3 is 0 Å². The first-order chi connectivity index (χ1) is 13.5. The van der Waals surface area contributed by atoms with E-state index < -0.39 is 0 Å². The number of rotatable bonds is 4. The maximum Gasteiger partial charge on any atom is 0.281 e. The van der Waals surface area contributed by atoms with Gasteiger partial charge >= 0.3 is 0 Å². The van der Waals surface area contributed by atoms with Crippen molar-refractivity contribution in [2.45, 2.75) is 25.3 Å². The van der Waals surface area contributed by atoms with Gasteiger partial charge in [-0.1, -0.05) is 46.9 Å². The van der Waals surface area contributed by atoms with Crippen molar-refractivity contribution in [2.75, 3.05) is 18.1 Å². The standard InChI is InChI=1S/C20H19Cl3N4O.ClH/c21-14-5-3-13(4-6-14)19-12-17(20(28)25-26-9-1-2-10-26)24-27(19)18-8-7-15(22)11-16(18)23;/h3-8,11,19H,1-2,9-10,12H2,(H,25,28);1H. The minimum atomic E-state index is -0.173. The van der Waals surface area contributed by atoms with E-state index in [1.165, 1.54) is 0 Å². The van der Waals surface area contributed by atoms with E-state index in [9.17, 15) is 4.79 Å². The molecule has 0 spiro atoms. The second kappa shape index (κ2) is 9.54. The van der Waals surface area contributed by atoms with Crippen LogP contribution in [0.4, 0.5) is 5.69 Å². The molecule has 0 radical (unpaired) electrons. The topological polar surface area (TPSA) is 47.9 Å². The number of halogens is 4. The lowest BCUT2D eigenvalue weighted by Gasteiger charge is -2.25. The van der Waals surface area contributed by atoms with Crippen molar-refractivity contribution in [3.63, 3.8) is 0 Å². The van der Waals surface area contributed by atoms with E-state index >= 15 is 0 Å². The molecule has 1 saturated heterocycles. The summed E-state index contributed by atoms with van der Waals surface area (Å²) in [6, 6.07) is 12.7. The van der Waals surface area contributed by atoms with Gasteiger partial charge in [-0.15, -0.1) is 12.4 Å². The number of benzene rings is 2. The summed E-state index contributed by atoms with van der Waals surface area (Å²) in [6.45, 7) is 1.73. The Balaban J connectivity index is 0.00000240. The van der Waals surface area contributed by atoms with Gasteiger partial charge in [-0.05, 0) is 48.7 Å². The molecule has 2 aromatic rings. The van der Waals surface area contributed by atoms with E-state index in [0.717, 1.165) is 31.5 Å². The first-order valence-corrected chi connectivity index (χ1v) is 10.3. The molecule has 2 aliphatic heterocycles. The van der Waals surface area contributed by atoms with E-state index in [1.54, 1.807) is 17.1 Å². The largest absolute Gasteiger partial charge is 0.284 e. The summed E-state index contributed by atoms with van der Waals surface area (Å²) in [6.07, 6.45) is 2.65. The van der Waals surface area contributed by atoms with E-state index in [0.29, 0.717) is 32.9 Å². The van der Waals surface area contributed by atoms with Crippen LogP contribution in [0, 0.1) is 0 Å². The normalized spacial score (nSPS) is 19.1. The molecule has 154 valence electrons. The highest BCUT2D eigenvalue weighted by atomic mass is 35.5. The van der Waals surface area contributed by atoms with Gasteiger partial charge in [0, 0.05) is 29.6 Å². The molecule has 1 amide bonds. The summed E-state index contributed by atoms with van der Waals surface area (Å²) in [5, 5.41) is 10.0. The predicted octanol–water partition coefficient (Wildman–Crippen LogP) is 5.50. The molecule has 1 fully saturated rings. The highest BCUT2D eigenvalue weighted by Crippen LogP contribution is 2.39. The van der Waals surface area contributed by atoms with Crippen LogP contribution >= 0.6 is 47.2 Å². The van der Waals surface area contributed by atoms with Crippen LogP contribution in [0.25, 0.3) is 0 Å². The zero-order chi connectivity index (χ0) is 19.7. The first-order valence-electron chi connectivity index (χ1n) is 9.14. The van der Waals surface area contributed by atoms with Crippen molar-refractivity contribution in [2.24, 2.45) is 5.10 Å². The molecule has 0 saturated carbocycles. The molecule has 0 aliphatic carbocycles. The van der Waals surface area contributed by atoms with Crippen LogP contribution in [-0.4, -0.2) is 29.7 Å². The minimum Gasteiger partial charge on any atom is -0.284 e. The molecule has 0 bridgehead atoms. The number of nitrogens with one attached hydrogen (secondary N) is 1. The quantitative estimate of drug-likeness (QED) is 0.637. The van der Waals surface area contributed by atoms with Crippen LogP contribution in [0.5, 0.6) is 0 Å². The smallest absolute Gasteiger partial charge is 0.281 e. The van der Waals surface area contributed by atoms with Crippen LogP contribution in [0.2, 0.25) is 15.1 Å². The van der Waals surface area contributed by atoms with Crippen molar-refractivity contribution in [1.82, 2.24) is 10.4 Å². The summed E-state index contributed by atoms with van der Waals surface area (Å²) >= 11 is 18.5. The van der Waals surface area contributed by atoms with Crippen molar-refractivity contribution < 1.29 is 4.79 Å². The van der Waals surface area contributed by atoms with Gasteiger partial charge in [-0.25, -0.2) is 5.01 Å². The van der Waals surface area contributed by atoms with Crippen LogP contribution in [0.1, 0.15) is 30.9 Å². The summed E-state index contributed by atoms with van der Waals surface area (Å²) in [5.41, 5.74) is 5.14. The van der Waals surface area contributed by atoms with E-state index in [-0.39, 0.29) is 24.4 Å². The van der Waals surface area contributed by atoms with E-state index in [4.69, 9.17) is 34.8 Å². The van der Waals surface area contributed by atoms with Gasteiger partial charge in [0.1, 0.15) is 5.71 Å². The third kappa shape index (κ3) is 4.98. The number of carbonyl (C=O) groups excluding carboxylic acids is 1. The zero-order valence-electron chi connectivity index (χ0n) is 15.4. The first kappa shape index (κ1) is 22.2. The van der Waals surface area contributed by atoms with Crippen LogP contribution < -0.4 is 10.4 Å². The van der Waals surface area contributed by atoms with Crippen molar-refractivity contribution >= 4 is 64.5 Å². The van der Waals surface area contributed by atoms with Crippen molar-refractivity contribution in [3.8, 4) is 0 Å². The summed E-state index contributed by atoms with van der Waals surface area (Å²) in [5.74, 6) is -0.173. The molecule has 1 unspecified atom stereocenters. The van der Waals surface area contributed by atoms with Crippen LogP contribution in [0.3, 0.4) is 0 Å². The molecular formula is C20H20Cl4N4O. The molecule has 1 N–H and O–H groups in total. The monoisotopic (exact) mass is 472 g/mol. The lowest BCUT2D eigenvalue weighted by atomic mass is 10.0. The third-order valence-corrected chi connectivity index (χ3v) is 5.74. The molecule has 0 aromatic heterocycles. The summed E-state index contributed by atoms with van der Waals surface area (Å²) in [4.78, 5) is 12.8. The van der Waals surface area contributed by atoms with Crippen LogP contribution in [-0.2, 0) is 4.79 Å². The van der Waals surface area contributed by atoms with Gasteiger partial charge in [-0.3, -0.25) is 15.2 Å². The molecule has 2 aromatic carbocycles. The molecule has 2 aliphatic rings. The predicted molar refractivity (Wildman–Crippen MR) is 121 cm³/mol. The number of hydrogen-bond donors (Lipinski definition) is 1. The second-order valence-corrected chi connectivity index (χ2v) is 8.17. The molecular weight excluding hydrogens is 454 g/mol. The maximum absolute atomic E-state index is 12.8. The van der Waals surface area contributed by atoms with Gasteiger partial charge in [0.15, 0.2) is 0 Å². The zero-order valence-corrected chi connectivity index (χ0v) is 18.5. The van der Waals surface area contributed by atoms with Crippen LogP contribution in [0.15, 0.2) is 47.6 Å². The molecule has 1 atom stereocenters. The fourth-order valence-corrected chi connectivity index (χ4v) is 4.14. The Kier molecular flexibility index (Phi) is 7.30. The Labute approximate surface area is 191 Å². The average molecular weight is 474 g/mol.